The third-order valence-corrected chi connectivity index (χ3v) is 10.7. The normalized spacial score (nSPS) is 12.9. The van der Waals surface area contributed by atoms with E-state index in [-0.39, 0.29) is 39.0 Å². The fraction of sp³-hybridized carbons (Fsp3) is 0.240. The summed E-state index contributed by atoms with van der Waals surface area (Å²) < 4.78 is 118. The minimum atomic E-state index is -10.7. The molecule has 0 bridgehead atoms. The zero-order valence-corrected chi connectivity index (χ0v) is 50.1. The van der Waals surface area contributed by atoms with Crippen molar-refractivity contribution in [2.24, 2.45) is 0 Å². The van der Waals surface area contributed by atoms with E-state index in [0.29, 0.717) is 0 Å². The molecule has 0 aromatic heterocycles. The maximum atomic E-state index is 9.87. The second-order valence-corrected chi connectivity index (χ2v) is 42.1. The standard InChI is InChI=1S/2C20H24Si2.2C5H5.2F6P.2Ru/c2*1-21(2,3)15-13-17-11-12-18(14-16-22(4,5)6)20-10-8-7-9-19(17)20;2*1-2-4-5-3-1;2*1-7(2,3,4,5)6;;/h2*7-12H,1-6H3;2*1-5H;;;;/q;;4*-1;2*+2. The zero-order chi connectivity index (χ0) is 52.6. The van der Waals surface area contributed by atoms with Gasteiger partial charge < -0.3 is 0 Å². The molecular weight excluding hydrogens is 1200 g/mol. The zero-order valence-electron chi connectivity index (χ0n) is 40.8. The van der Waals surface area contributed by atoms with E-state index in [1.807, 2.05) is 60.7 Å². The fourth-order valence-corrected chi connectivity index (χ4v) is 6.73. The molecule has 0 atom stereocenters. The summed E-state index contributed by atoms with van der Waals surface area (Å²) in [5.74, 6) is 13.6. The van der Waals surface area contributed by atoms with E-state index in [0.717, 1.165) is 22.3 Å². The van der Waals surface area contributed by atoms with Gasteiger partial charge in [0.05, 0.1) is 0 Å². The molecule has 384 valence electrons. The molecule has 20 heteroatoms. The van der Waals surface area contributed by atoms with Crippen molar-refractivity contribution in [3.8, 4) is 45.9 Å². The Kier molecular flexibility index (Phi) is 24.4. The van der Waals surface area contributed by atoms with Crippen molar-refractivity contribution in [3.63, 3.8) is 0 Å². The number of hydrogen-bond acceptors (Lipinski definition) is 0. The van der Waals surface area contributed by atoms with Gasteiger partial charge in [0.2, 0.25) is 0 Å². The Labute approximate surface area is 436 Å². The van der Waals surface area contributed by atoms with Crippen molar-refractivity contribution in [1.82, 2.24) is 0 Å². The Morgan fingerprint density at radius 1 is 0.300 bits per heavy atom. The van der Waals surface area contributed by atoms with Crippen LogP contribution in [0.5, 0.6) is 0 Å². The van der Waals surface area contributed by atoms with Gasteiger partial charge in [0.15, 0.2) is 0 Å². The molecule has 0 unspecified atom stereocenters. The molecule has 70 heavy (non-hydrogen) atoms. The Hall–Kier alpha value is -3.53. The summed E-state index contributed by atoms with van der Waals surface area (Å²) in [5, 5.41) is 4.87. The number of rotatable bonds is 0. The van der Waals surface area contributed by atoms with Crippen LogP contribution in [0.4, 0.5) is 50.4 Å². The van der Waals surface area contributed by atoms with Gasteiger partial charge in [-0.15, -0.1) is 22.2 Å². The summed E-state index contributed by atoms with van der Waals surface area (Å²) in [6.45, 7) is 27.3. The number of benzene rings is 4. The SMILES string of the molecule is C[Si](C)(C)C#Cc1ccc(C#C[Si](C)(C)C)c2ccccc12.C[Si](C)(C)C#Cc1ccc(C#C[Si](C)(C)C)c2ccccc12.F[P-](F)(F)(F)(F)F.F[P-](F)(F)(F)(F)F.[Ru+2].[Ru+2].c1cc[cH-]c1.c1cc[cH-]c1. The van der Waals surface area contributed by atoms with Crippen LogP contribution in [0.15, 0.2) is 133 Å². The van der Waals surface area contributed by atoms with E-state index >= 15 is 0 Å². The summed E-state index contributed by atoms with van der Waals surface area (Å²) in [4.78, 5) is 0. The molecule has 6 aromatic carbocycles. The monoisotopic (exact) mass is 1260 g/mol. The fourth-order valence-electron chi connectivity index (χ4n) is 4.69. The maximum absolute atomic E-state index is 10.7. The number of halogens is 12. The van der Waals surface area contributed by atoms with Gasteiger partial charge in [0, 0.05) is 22.3 Å². The van der Waals surface area contributed by atoms with Gasteiger partial charge >= 0.3 is 105 Å². The van der Waals surface area contributed by atoms with Gasteiger partial charge in [0.25, 0.3) is 0 Å². The largest absolute Gasteiger partial charge is 2.00 e. The Balaban J connectivity index is 0. The number of hydrogen-bond donors (Lipinski definition) is 0. The van der Waals surface area contributed by atoms with Crippen molar-refractivity contribution >= 4 is 69.5 Å². The van der Waals surface area contributed by atoms with Gasteiger partial charge in [-0.2, -0.15) is 36.4 Å². The van der Waals surface area contributed by atoms with Crippen LogP contribution in [0.2, 0.25) is 78.6 Å². The molecule has 0 radical (unpaired) electrons. The summed E-state index contributed by atoms with van der Waals surface area (Å²) in [6.07, 6.45) is 0. The summed E-state index contributed by atoms with van der Waals surface area (Å²) in [6, 6.07) is 45.5. The number of fused-ring (bicyclic) bond motifs is 2. The Morgan fingerprint density at radius 2 is 0.457 bits per heavy atom. The first-order valence-corrected chi connectivity index (χ1v) is 38.9. The molecule has 0 spiro atoms. The van der Waals surface area contributed by atoms with E-state index in [9.17, 15) is 50.4 Å². The smallest absolute Gasteiger partial charge is 0.214 e. The molecule has 0 fully saturated rings. The Bertz CT molecular complexity index is 2440. The van der Waals surface area contributed by atoms with E-state index in [1.54, 1.807) is 0 Å². The summed E-state index contributed by atoms with van der Waals surface area (Å²) >= 11 is 0. The molecular formula is C50H58F12P2Ru2Si4. The van der Waals surface area contributed by atoms with E-state index in [4.69, 9.17) is 0 Å². The van der Waals surface area contributed by atoms with Crippen molar-refractivity contribution in [2.75, 3.05) is 0 Å². The van der Waals surface area contributed by atoms with Crippen molar-refractivity contribution in [2.45, 2.75) is 78.6 Å². The minimum Gasteiger partial charge on any atom is -0.214 e. The molecule has 0 nitrogen and oxygen atoms in total. The molecule has 0 heterocycles. The topological polar surface area (TPSA) is 0 Å². The van der Waals surface area contributed by atoms with Crippen LogP contribution in [-0.2, 0) is 39.0 Å². The van der Waals surface area contributed by atoms with Gasteiger partial charge in [-0.1, -0.05) is 151 Å². The quantitative estimate of drug-likeness (QED) is 0.0467. The molecule has 0 aliphatic rings. The third kappa shape index (κ3) is 42.2. The van der Waals surface area contributed by atoms with Crippen LogP contribution in [0.3, 0.4) is 0 Å². The predicted octanol–water partition coefficient (Wildman–Crippen LogP) is 20.2. The van der Waals surface area contributed by atoms with Crippen LogP contribution >= 0.6 is 15.6 Å². The molecule has 0 saturated carbocycles. The predicted molar refractivity (Wildman–Crippen MR) is 280 cm³/mol. The van der Waals surface area contributed by atoms with E-state index < -0.39 is 47.9 Å². The molecule has 6 rings (SSSR count). The minimum absolute atomic E-state index is 0. The molecule has 0 N–H and O–H groups in total. The summed E-state index contributed by atoms with van der Waals surface area (Å²) in [5.41, 5.74) is 18.4. The van der Waals surface area contributed by atoms with Crippen LogP contribution in [-0.4, -0.2) is 32.3 Å². The molecule has 0 aliphatic heterocycles. The van der Waals surface area contributed by atoms with E-state index in [1.165, 1.54) is 21.5 Å². The van der Waals surface area contributed by atoms with Crippen LogP contribution in [0, 0.1) is 45.9 Å². The van der Waals surface area contributed by atoms with Crippen molar-refractivity contribution in [3.05, 3.63) is 156 Å². The van der Waals surface area contributed by atoms with Crippen LogP contribution in [0.1, 0.15) is 22.3 Å². The average Bonchev–Trinajstić information content (AvgIpc) is 3.92. The van der Waals surface area contributed by atoms with Crippen molar-refractivity contribution < 1.29 is 89.3 Å². The maximum Gasteiger partial charge on any atom is 2.00 e. The van der Waals surface area contributed by atoms with E-state index in [2.05, 4.69) is 197 Å². The first-order chi connectivity index (χ1) is 30.2. The molecule has 0 aliphatic carbocycles. The molecule has 0 amide bonds. The van der Waals surface area contributed by atoms with Gasteiger partial charge in [-0.05, 0) is 45.8 Å². The van der Waals surface area contributed by atoms with Crippen molar-refractivity contribution in [1.29, 1.82) is 0 Å². The van der Waals surface area contributed by atoms with Gasteiger partial charge in [-0.25, -0.2) is 24.3 Å². The van der Waals surface area contributed by atoms with Gasteiger partial charge in [-0.3, -0.25) is 0 Å². The second kappa shape index (κ2) is 24.9. The van der Waals surface area contributed by atoms with Crippen LogP contribution in [0.25, 0.3) is 21.5 Å². The molecule has 6 aromatic rings. The summed E-state index contributed by atoms with van der Waals surface area (Å²) in [7, 11) is -26.8. The average molecular weight is 1260 g/mol. The first-order valence-electron chi connectivity index (χ1n) is 20.8. The molecule has 0 saturated heterocycles. The Morgan fingerprint density at radius 3 is 0.571 bits per heavy atom. The van der Waals surface area contributed by atoms with Gasteiger partial charge in [0.1, 0.15) is 32.3 Å². The third-order valence-electron chi connectivity index (χ3n) is 7.25. The second-order valence-electron chi connectivity index (χ2n) is 19.3. The first kappa shape index (κ1) is 68.6. The van der Waals surface area contributed by atoms with Crippen LogP contribution < -0.4 is 0 Å².